The summed E-state index contributed by atoms with van der Waals surface area (Å²) in [6.45, 7) is 4.13. The Morgan fingerprint density at radius 1 is 1.75 bits per heavy atom. The fraction of sp³-hybridized carbons (Fsp3) is 0.600. The van der Waals surface area contributed by atoms with Crippen LogP contribution in [0.25, 0.3) is 0 Å². The summed E-state index contributed by atoms with van der Waals surface area (Å²) in [4.78, 5) is 11.9. The quantitative estimate of drug-likeness (QED) is 0.531. The third-order valence-corrected chi connectivity index (χ3v) is 2.83. The van der Waals surface area contributed by atoms with Gasteiger partial charge in [0.25, 0.3) is 5.84 Å². The molecule has 1 N–H and O–H groups in total. The van der Waals surface area contributed by atoms with Crippen molar-refractivity contribution < 1.29 is 14.1 Å². The van der Waals surface area contributed by atoms with Crippen LogP contribution in [0.3, 0.4) is 0 Å². The molecule has 2 rings (SSSR count). The van der Waals surface area contributed by atoms with Crippen LogP contribution in [-0.4, -0.2) is 48.3 Å². The normalized spacial score (nSPS) is 31.8. The smallest absolute Gasteiger partial charge is 0.392 e. The number of amidine groups is 1. The highest BCUT2D eigenvalue weighted by molar-refractivity contribution is 5.92. The van der Waals surface area contributed by atoms with Gasteiger partial charge in [-0.25, -0.2) is 15.2 Å². The molecule has 6 nitrogen and oxygen atoms in total. The number of hydrogen-bond donors (Lipinski definition) is 1. The van der Waals surface area contributed by atoms with Gasteiger partial charge in [-0.15, -0.1) is 9.69 Å². The Balaban J connectivity index is 2.28. The SMILES string of the molecule is CCOC(=O)C1N(C)N=C2C=C(C)N[N+]21C. The van der Waals surface area contributed by atoms with Gasteiger partial charge >= 0.3 is 12.1 Å². The van der Waals surface area contributed by atoms with Gasteiger partial charge < -0.3 is 4.74 Å². The Bertz CT molecular complexity index is 390. The Morgan fingerprint density at radius 3 is 3.06 bits per heavy atom. The first kappa shape index (κ1) is 10.9. The summed E-state index contributed by atoms with van der Waals surface area (Å²) in [5, 5.41) is 5.98. The second kappa shape index (κ2) is 3.48. The second-order valence-corrected chi connectivity index (χ2v) is 4.17. The second-order valence-electron chi connectivity index (χ2n) is 4.17. The van der Waals surface area contributed by atoms with Gasteiger partial charge in [0.05, 0.1) is 19.4 Å². The zero-order chi connectivity index (χ0) is 11.9. The van der Waals surface area contributed by atoms with E-state index in [0.717, 1.165) is 11.5 Å². The van der Waals surface area contributed by atoms with Gasteiger partial charge in [-0.2, -0.15) is 0 Å². The van der Waals surface area contributed by atoms with Crippen molar-refractivity contribution >= 4 is 11.8 Å². The van der Waals surface area contributed by atoms with Gasteiger partial charge in [0, 0.05) is 13.1 Å². The van der Waals surface area contributed by atoms with Crippen molar-refractivity contribution in [1.29, 1.82) is 0 Å². The number of ether oxygens (including phenoxy) is 1. The average Bonchev–Trinajstić information content (AvgIpc) is 2.52. The van der Waals surface area contributed by atoms with Gasteiger partial charge in [-0.05, 0) is 13.8 Å². The highest BCUT2D eigenvalue weighted by Gasteiger charge is 2.54. The van der Waals surface area contributed by atoms with Gasteiger partial charge in [0.15, 0.2) is 0 Å². The van der Waals surface area contributed by atoms with Crippen LogP contribution in [0.5, 0.6) is 0 Å². The molecule has 2 heterocycles. The Kier molecular flexibility index (Phi) is 2.38. The number of hydrazone groups is 1. The van der Waals surface area contributed by atoms with Gasteiger partial charge in [-0.3, -0.25) is 0 Å². The summed E-state index contributed by atoms with van der Waals surface area (Å²) in [7, 11) is 3.69. The molecule has 16 heavy (non-hydrogen) atoms. The number of esters is 1. The molecular formula is C10H17N4O2+. The third kappa shape index (κ3) is 1.37. The lowest BCUT2D eigenvalue weighted by Crippen LogP contribution is -2.63. The zero-order valence-corrected chi connectivity index (χ0v) is 10.0. The van der Waals surface area contributed by atoms with E-state index in [9.17, 15) is 4.79 Å². The van der Waals surface area contributed by atoms with Crippen molar-refractivity contribution in [3.63, 3.8) is 0 Å². The molecule has 0 bridgehead atoms. The highest BCUT2D eigenvalue weighted by Crippen LogP contribution is 2.27. The molecule has 2 aliphatic rings. The minimum absolute atomic E-state index is 0.262. The number of carbonyl (C=O) groups excluding carboxylic acids is 1. The number of nitrogens with zero attached hydrogens (tertiary/aromatic N) is 3. The van der Waals surface area contributed by atoms with E-state index in [4.69, 9.17) is 4.74 Å². The number of rotatable bonds is 2. The summed E-state index contributed by atoms with van der Waals surface area (Å²) >= 11 is 0. The monoisotopic (exact) mass is 225 g/mol. The van der Waals surface area contributed by atoms with Gasteiger partial charge in [0.2, 0.25) is 0 Å². The largest absolute Gasteiger partial charge is 0.460 e. The van der Waals surface area contributed by atoms with Crippen LogP contribution in [0.2, 0.25) is 0 Å². The molecule has 2 unspecified atom stereocenters. The van der Waals surface area contributed by atoms with Crippen LogP contribution in [0, 0.1) is 0 Å². The van der Waals surface area contributed by atoms with Crippen molar-refractivity contribution in [2.45, 2.75) is 20.0 Å². The molecule has 2 atom stereocenters. The molecule has 0 fully saturated rings. The molecule has 0 aromatic rings. The van der Waals surface area contributed by atoms with E-state index in [1.807, 2.05) is 20.0 Å². The first-order chi connectivity index (χ1) is 7.49. The van der Waals surface area contributed by atoms with Crippen molar-refractivity contribution in [2.24, 2.45) is 5.10 Å². The van der Waals surface area contributed by atoms with E-state index in [1.165, 1.54) is 0 Å². The number of fused-ring (bicyclic) bond motifs is 1. The van der Waals surface area contributed by atoms with Gasteiger partial charge in [0.1, 0.15) is 0 Å². The average molecular weight is 225 g/mol. The topological polar surface area (TPSA) is 53.9 Å². The fourth-order valence-electron chi connectivity index (χ4n) is 2.22. The van der Waals surface area contributed by atoms with E-state index in [2.05, 4.69) is 10.5 Å². The van der Waals surface area contributed by atoms with Gasteiger partial charge in [-0.1, -0.05) is 0 Å². The Morgan fingerprint density at radius 2 is 2.44 bits per heavy atom. The molecule has 0 radical (unpaired) electrons. The molecule has 0 spiro atoms. The molecule has 2 aliphatic heterocycles. The number of quaternary nitrogens is 1. The lowest BCUT2D eigenvalue weighted by molar-refractivity contribution is -0.878. The first-order valence-electron chi connectivity index (χ1n) is 5.30. The van der Waals surface area contributed by atoms with E-state index in [-0.39, 0.29) is 10.6 Å². The van der Waals surface area contributed by atoms with Crippen LogP contribution < -0.4 is 5.43 Å². The molecule has 0 aromatic heterocycles. The standard InChI is InChI=1S/C10H17N4O2/c1-5-16-10(15)9-13(3)11-8-6-7(2)12-14(8,9)4/h6,9,12H,5H2,1-4H3/q+1. The summed E-state index contributed by atoms with van der Waals surface area (Å²) in [6.07, 6.45) is 1.49. The number of allylic oxidation sites excluding steroid dienone is 1. The minimum Gasteiger partial charge on any atom is -0.460 e. The Labute approximate surface area is 94.7 Å². The highest BCUT2D eigenvalue weighted by atomic mass is 16.5. The summed E-state index contributed by atoms with van der Waals surface area (Å²) in [6, 6.07) is 0. The number of nitrogens with one attached hydrogen (secondary N) is 1. The number of likely N-dealkylation sites (N-methyl/N-ethyl adjacent to an activating group) is 2. The molecular weight excluding hydrogens is 208 g/mol. The van der Waals surface area contributed by atoms with Crippen molar-refractivity contribution in [2.75, 3.05) is 20.7 Å². The maximum Gasteiger partial charge on any atom is 0.392 e. The maximum atomic E-state index is 11.9. The molecule has 0 amide bonds. The van der Waals surface area contributed by atoms with E-state index in [0.29, 0.717) is 6.61 Å². The van der Waals surface area contributed by atoms with Crippen molar-refractivity contribution in [3.8, 4) is 0 Å². The van der Waals surface area contributed by atoms with Crippen LogP contribution >= 0.6 is 0 Å². The number of hydrogen-bond acceptors (Lipinski definition) is 5. The van der Waals surface area contributed by atoms with Crippen molar-refractivity contribution in [3.05, 3.63) is 11.8 Å². The fourth-order valence-corrected chi connectivity index (χ4v) is 2.22. The lowest BCUT2D eigenvalue weighted by Gasteiger charge is -2.31. The summed E-state index contributed by atoms with van der Waals surface area (Å²) in [5.41, 5.74) is 4.24. The molecule has 88 valence electrons. The molecule has 0 saturated carbocycles. The summed E-state index contributed by atoms with van der Waals surface area (Å²) < 4.78 is 5.34. The molecule has 6 heteroatoms. The molecule has 0 saturated heterocycles. The number of carbonyl (C=O) groups is 1. The van der Waals surface area contributed by atoms with E-state index < -0.39 is 6.17 Å². The van der Waals surface area contributed by atoms with Crippen molar-refractivity contribution in [1.82, 2.24) is 10.4 Å². The molecule has 0 aliphatic carbocycles. The predicted molar refractivity (Wildman–Crippen MR) is 58.7 cm³/mol. The van der Waals surface area contributed by atoms with Crippen LogP contribution in [0.15, 0.2) is 16.9 Å². The minimum atomic E-state index is -0.455. The van der Waals surface area contributed by atoms with E-state index in [1.54, 1.807) is 19.0 Å². The van der Waals surface area contributed by atoms with Crippen LogP contribution in [0.1, 0.15) is 13.8 Å². The lowest BCUT2D eigenvalue weighted by atomic mass is 10.4. The van der Waals surface area contributed by atoms with Crippen LogP contribution in [-0.2, 0) is 9.53 Å². The maximum absolute atomic E-state index is 11.9. The summed E-state index contributed by atoms with van der Waals surface area (Å²) in [5.74, 6) is 0.569. The predicted octanol–water partition coefficient (Wildman–Crippen LogP) is 0.00310. The first-order valence-corrected chi connectivity index (χ1v) is 5.30. The zero-order valence-electron chi connectivity index (χ0n) is 10.0. The third-order valence-electron chi connectivity index (χ3n) is 2.83. The Hall–Kier alpha value is -1.56. The van der Waals surface area contributed by atoms with E-state index >= 15 is 0 Å². The van der Waals surface area contributed by atoms with Crippen LogP contribution in [0.4, 0.5) is 0 Å². The molecule has 0 aromatic carbocycles.